The molecule has 1 aromatic rings. The molecule has 154 valence electrons. The van der Waals surface area contributed by atoms with Gasteiger partial charge < -0.3 is 35.4 Å². The van der Waals surface area contributed by atoms with Crippen LogP contribution in [0.5, 0.6) is 11.5 Å². The van der Waals surface area contributed by atoms with Gasteiger partial charge in [-0.15, -0.1) is 0 Å². The molecule has 0 aliphatic heterocycles. The summed E-state index contributed by atoms with van der Waals surface area (Å²) >= 11 is 0. The van der Waals surface area contributed by atoms with Gasteiger partial charge in [0.2, 0.25) is 0 Å². The van der Waals surface area contributed by atoms with Gasteiger partial charge >= 0.3 is 0 Å². The highest BCUT2D eigenvalue weighted by Gasteiger charge is 2.08. The highest BCUT2D eigenvalue weighted by Crippen LogP contribution is 2.29. The standard InChI is InChI=1S/C17H22O6.C2H6.CH4O/c1-12-7-16(8-14(11-21)17(12)22)23-15(3-2-6-18)5-4-13(9-19)10-20;2*1-2/h2-3,5,7-9,18-22H,4,6,10-11H2,1H3;1-2H3;2H,1H3/b3-2+,13-9-,15-5+;;. The lowest BCUT2D eigenvalue weighted by Gasteiger charge is -2.11. The zero-order valence-electron chi connectivity index (χ0n) is 16.4. The van der Waals surface area contributed by atoms with Gasteiger partial charge in [0.25, 0.3) is 0 Å². The minimum atomic E-state index is -0.322. The molecule has 6 N–H and O–H groups in total. The topological polar surface area (TPSA) is 131 Å². The number of ether oxygens (including phenoxy) is 1. The molecular weight excluding hydrogens is 352 g/mol. The highest BCUT2D eigenvalue weighted by molar-refractivity contribution is 5.46. The van der Waals surface area contributed by atoms with Crippen molar-refractivity contribution in [3.8, 4) is 11.5 Å². The van der Waals surface area contributed by atoms with Crippen molar-refractivity contribution in [3.05, 3.63) is 59.1 Å². The number of allylic oxidation sites excluding steroid dienone is 2. The summed E-state index contributed by atoms with van der Waals surface area (Å²) in [6, 6.07) is 3.13. The first-order valence-corrected chi connectivity index (χ1v) is 8.52. The SMILES string of the molecule is CC.CO.Cc1cc(OC(/C=C/CO)=C/C/C(=C/O)CO)cc(CO)c1O. The van der Waals surface area contributed by atoms with Crippen LogP contribution in [0.1, 0.15) is 31.4 Å². The molecule has 0 spiro atoms. The lowest BCUT2D eigenvalue weighted by molar-refractivity contribution is 0.274. The van der Waals surface area contributed by atoms with Crippen LogP contribution in [0.2, 0.25) is 0 Å². The second kappa shape index (κ2) is 17.1. The third-order valence-electron chi connectivity index (χ3n) is 3.10. The molecule has 0 heterocycles. The molecule has 0 amide bonds. The number of rotatable bonds is 8. The van der Waals surface area contributed by atoms with E-state index in [0.29, 0.717) is 28.2 Å². The molecule has 7 heteroatoms. The summed E-state index contributed by atoms with van der Waals surface area (Å²) in [6.45, 7) is 4.92. The van der Waals surface area contributed by atoms with Crippen LogP contribution in [-0.4, -0.2) is 51.0 Å². The van der Waals surface area contributed by atoms with Gasteiger partial charge in [-0.1, -0.05) is 19.9 Å². The Morgan fingerprint density at radius 1 is 1.11 bits per heavy atom. The lowest BCUT2D eigenvalue weighted by atomic mass is 10.1. The van der Waals surface area contributed by atoms with Gasteiger partial charge in [-0.05, 0) is 48.8 Å². The van der Waals surface area contributed by atoms with Gasteiger partial charge in [-0.3, -0.25) is 0 Å². The van der Waals surface area contributed by atoms with Gasteiger partial charge in [-0.2, -0.15) is 0 Å². The molecule has 0 saturated heterocycles. The van der Waals surface area contributed by atoms with Crippen molar-refractivity contribution < 1.29 is 35.4 Å². The summed E-state index contributed by atoms with van der Waals surface area (Å²) in [4.78, 5) is 0. The van der Waals surface area contributed by atoms with E-state index < -0.39 is 0 Å². The number of benzene rings is 1. The summed E-state index contributed by atoms with van der Waals surface area (Å²) in [5.74, 6) is 0.819. The molecule has 0 aliphatic rings. The largest absolute Gasteiger partial charge is 0.516 e. The third-order valence-corrected chi connectivity index (χ3v) is 3.10. The van der Waals surface area contributed by atoms with Gasteiger partial charge in [0.15, 0.2) is 0 Å². The number of aliphatic hydroxyl groups is 5. The van der Waals surface area contributed by atoms with Crippen LogP contribution < -0.4 is 4.74 Å². The van der Waals surface area contributed by atoms with E-state index in [9.17, 15) is 10.2 Å². The predicted molar refractivity (Wildman–Crippen MR) is 106 cm³/mol. The fourth-order valence-corrected chi connectivity index (χ4v) is 1.83. The Hall–Kier alpha value is -2.32. The minimum Gasteiger partial charge on any atom is -0.516 e. The number of aryl methyl sites for hydroxylation is 1. The van der Waals surface area contributed by atoms with E-state index in [4.69, 9.17) is 25.2 Å². The summed E-state index contributed by atoms with van der Waals surface area (Å²) in [5.41, 5.74) is 1.31. The highest BCUT2D eigenvalue weighted by atomic mass is 16.5. The fraction of sp³-hybridized carbons (Fsp3) is 0.400. The van der Waals surface area contributed by atoms with Crippen LogP contribution in [0, 0.1) is 6.92 Å². The lowest BCUT2D eigenvalue weighted by Crippen LogP contribution is -1.97. The van der Waals surface area contributed by atoms with Crippen molar-refractivity contribution >= 4 is 0 Å². The van der Waals surface area contributed by atoms with Gasteiger partial charge in [-0.25, -0.2) is 0 Å². The maximum Gasteiger partial charge on any atom is 0.128 e. The van der Waals surface area contributed by atoms with E-state index in [0.717, 1.165) is 13.4 Å². The number of hydrogen-bond acceptors (Lipinski definition) is 7. The van der Waals surface area contributed by atoms with E-state index in [1.54, 1.807) is 25.1 Å². The molecule has 0 radical (unpaired) electrons. The zero-order valence-corrected chi connectivity index (χ0v) is 16.4. The van der Waals surface area contributed by atoms with Crippen LogP contribution >= 0.6 is 0 Å². The molecule has 0 aromatic heterocycles. The van der Waals surface area contributed by atoms with Crippen molar-refractivity contribution in [1.29, 1.82) is 0 Å². The average Bonchev–Trinajstić information content (AvgIpc) is 2.72. The molecular formula is C20H32O7. The van der Waals surface area contributed by atoms with Crippen LogP contribution in [0.15, 0.2) is 48.0 Å². The molecule has 0 atom stereocenters. The average molecular weight is 384 g/mol. The number of phenols is 1. The van der Waals surface area contributed by atoms with E-state index in [1.807, 2.05) is 13.8 Å². The molecule has 1 aromatic carbocycles. The molecule has 1 rings (SSSR count). The van der Waals surface area contributed by atoms with Gasteiger partial charge in [0, 0.05) is 12.7 Å². The Morgan fingerprint density at radius 3 is 2.22 bits per heavy atom. The molecule has 0 aliphatic carbocycles. The predicted octanol–water partition coefficient (Wildman–Crippen LogP) is 2.46. The first-order valence-electron chi connectivity index (χ1n) is 8.52. The van der Waals surface area contributed by atoms with Crippen LogP contribution in [-0.2, 0) is 6.61 Å². The third kappa shape index (κ3) is 10.4. The van der Waals surface area contributed by atoms with Crippen molar-refractivity contribution in [1.82, 2.24) is 0 Å². The number of aliphatic hydroxyl groups excluding tert-OH is 5. The van der Waals surface area contributed by atoms with E-state index in [2.05, 4.69) is 0 Å². The molecule has 27 heavy (non-hydrogen) atoms. The Bertz CT molecular complexity index is 605. The smallest absolute Gasteiger partial charge is 0.128 e. The van der Waals surface area contributed by atoms with Crippen molar-refractivity contribution in [2.24, 2.45) is 0 Å². The molecule has 0 saturated carbocycles. The van der Waals surface area contributed by atoms with Gasteiger partial charge in [0.05, 0.1) is 26.1 Å². The Labute approximate surface area is 160 Å². The molecule has 7 nitrogen and oxygen atoms in total. The zero-order chi connectivity index (χ0) is 21.2. The molecule has 0 unspecified atom stereocenters. The van der Waals surface area contributed by atoms with E-state index in [-0.39, 0.29) is 32.0 Å². The summed E-state index contributed by atoms with van der Waals surface area (Å²) < 4.78 is 5.68. The summed E-state index contributed by atoms with van der Waals surface area (Å²) in [5, 5.41) is 52.9. The first-order chi connectivity index (χ1) is 13.0. The summed E-state index contributed by atoms with van der Waals surface area (Å²) in [6.07, 6.45) is 5.76. The van der Waals surface area contributed by atoms with Crippen molar-refractivity contribution in [2.45, 2.75) is 33.8 Å². The number of hydrogen-bond donors (Lipinski definition) is 6. The number of aromatic hydroxyl groups is 1. The quantitative estimate of drug-likeness (QED) is 0.300. The van der Waals surface area contributed by atoms with E-state index in [1.165, 1.54) is 12.1 Å². The van der Waals surface area contributed by atoms with Crippen LogP contribution in [0.3, 0.4) is 0 Å². The Kier molecular flexibility index (Phi) is 17.1. The first kappa shape index (κ1) is 26.9. The minimum absolute atomic E-state index is 0.0158. The van der Waals surface area contributed by atoms with Crippen molar-refractivity contribution in [2.75, 3.05) is 20.3 Å². The molecule has 0 bridgehead atoms. The van der Waals surface area contributed by atoms with E-state index >= 15 is 0 Å². The fourth-order valence-electron chi connectivity index (χ4n) is 1.83. The maximum atomic E-state index is 9.80. The Balaban J connectivity index is 0. The second-order valence-electron chi connectivity index (χ2n) is 4.85. The van der Waals surface area contributed by atoms with Crippen molar-refractivity contribution in [3.63, 3.8) is 0 Å². The van der Waals surface area contributed by atoms with Gasteiger partial charge in [0.1, 0.15) is 17.3 Å². The molecule has 0 fully saturated rings. The summed E-state index contributed by atoms with van der Waals surface area (Å²) in [7, 11) is 1.00. The monoisotopic (exact) mass is 384 g/mol. The second-order valence-corrected chi connectivity index (χ2v) is 4.85. The normalized spacial score (nSPS) is 11.4. The van der Waals surface area contributed by atoms with Crippen LogP contribution in [0.25, 0.3) is 0 Å². The van der Waals surface area contributed by atoms with Crippen LogP contribution in [0.4, 0.5) is 0 Å². The maximum absolute atomic E-state index is 9.80. The Morgan fingerprint density at radius 2 is 1.74 bits per heavy atom.